The summed E-state index contributed by atoms with van der Waals surface area (Å²) in [6.07, 6.45) is 2.12. The second kappa shape index (κ2) is 16.4. The Morgan fingerprint density at radius 3 is 1.51 bits per heavy atom. The Hall–Kier alpha value is -6.78. The SMILES string of the molecule is CC(C)(C)c1ccc(N2c3ccc(C(C)(C)C)cc3B3c4ccc(N5c6ccc(-c7ccccc7)cc6C6(C)CCc7ccccc7C56C)cc4N(c4ccc(C(C)(C)C)cc4)c4cc(C(C)(C)C)cc2c43)cc1. The predicted octanol–water partition coefficient (Wildman–Crippen LogP) is 16.9. The van der Waals surface area contributed by atoms with Gasteiger partial charge in [0.25, 0.3) is 6.71 Å². The third-order valence-corrected chi connectivity index (χ3v) is 17.9. The number of hydrogen-bond donors (Lipinski definition) is 0. The van der Waals surface area contributed by atoms with Crippen LogP contribution in [0.1, 0.15) is 142 Å². The van der Waals surface area contributed by atoms with E-state index in [1.165, 1.54) is 112 Å². The number of aryl methyl sites for hydroxylation is 1. The van der Waals surface area contributed by atoms with E-state index in [9.17, 15) is 0 Å². The van der Waals surface area contributed by atoms with Gasteiger partial charge in [-0.25, -0.2) is 0 Å². The van der Waals surface area contributed by atoms with Crippen LogP contribution in [0.2, 0.25) is 0 Å². The second-order valence-electron chi connectivity index (χ2n) is 26.6. The molecule has 3 heterocycles. The minimum absolute atomic E-state index is 0.0129. The summed E-state index contributed by atoms with van der Waals surface area (Å²) in [5.41, 5.74) is 25.4. The van der Waals surface area contributed by atoms with Crippen LogP contribution in [0.3, 0.4) is 0 Å². The van der Waals surface area contributed by atoms with Gasteiger partial charge in [-0.2, -0.15) is 0 Å². The lowest BCUT2D eigenvalue weighted by atomic mass is 9.33. The van der Waals surface area contributed by atoms with Crippen molar-refractivity contribution in [1.29, 1.82) is 0 Å². The number of fused-ring (bicyclic) bond motifs is 9. The molecule has 2 atom stereocenters. The van der Waals surface area contributed by atoms with Crippen LogP contribution in [0, 0.1) is 0 Å². The molecule has 0 fully saturated rings. The van der Waals surface area contributed by atoms with E-state index in [1.807, 2.05) is 0 Å². The molecule has 0 spiro atoms. The zero-order valence-corrected chi connectivity index (χ0v) is 46.5. The van der Waals surface area contributed by atoms with E-state index < -0.39 is 0 Å². The standard InChI is InChI=1S/C70H74BN3/c1-65(2,3)48-25-30-52(31-26-48)72-60-37-29-50(67(7,8)9)41-58(60)71-57-35-34-54(44-61(57)73(53-32-27-49(28-33-53)66(4,5)6)63-43-51(68(10,11)12)42-62(72)64(63)71)74-59-36-24-47(45-20-16-15-17-21-45)40-56(59)69(13)39-38-46-22-18-19-23-55(46)70(69,74)14/h15-37,40-44H,38-39H2,1-14H3. The Morgan fingerprint density at radius 2 is 0.919 bits per heavy atom. The lowest BCUT2D eigenvalue weighted by Crippen LogP contribution is -2.61. The molecule has 4 aliphatic rings. The molecule has 0 bridgehead atoms. The normalized spacial score (nSPS) is 18.8. The van der Waals surface area contributed by atoms with Gasteiger partial charge >= 0.3 is 0 Å². The molecule has 12 rings (SSSR count). The van der Waals surface area contributed by atoms with Gasteiger partial charge < -0.3 is 14.7 Å². The molecule has 1 aliphatic carbocycles. The smallest absolute Gasteiger partial charge is 0.252 e. The fourth-order valence-electron chi connectivity index (χ4n) is 13.3. The molecule has 0 N–H and O–H groups in total. The number of rotatable bonds is 4. The summed E-state index contributed by atoms with van der Waals surface area (Å²) < 4.78 is 0. The Kier molecular flexibility index (Phi) is 10.7. The maximum Gasteiger partial charge on any atom is 0.252 e. The fraction of sp³-hybridized carbons (Fsp3) is 0.314. The summed E-state index contributed by atoms with van der Waals surface area (Å²) in [5, 5.41) is 0. The molecular formula is C70H74BN3. The average molecular weight is 968 g/mol. The third kappa shape index (κ3) is 7.28. The molecule has 0 aromatic heterocycles. The van der Waals surface area contributed by atoms with Gasteiger partial charge in [-0.15, -0.1) is 0 Å². The second-order valence-corrected chi connectivity index (χ2v) is 26.6. The number of benzene rings is 8. The first-order valence-corrected chi connectivity index (χ1v) is 27.3. The van der Waals surface area contributed by atoms with Crippen molar-refractivity contribution in [3.8, 4) is 11.1 Å². The molecule has 74 heavy (non-hydrogen) atoms. The monoisotopic (exact) mass is 968 g/mol. The molecule has 0 saturated carbocycles. The lowest BCUT2D eigenvalue weighted by molar-refractivity contribution is 0.245. The van der Waals surface area contributed by atoms with Gasteiger partial charge in [0.2, 0.25) is 0 Å². The van der Waals surface area contributed by atoms with Crippen LogP contribution in [0.5, 0.6) is 0 Å². The minimum atomic E-state index is -0.367. The summed E-state index contributed by atoms with van der Waals surface area (Å²) in [5.74, 6) is 0. The van der Waals surface area contributed by atoms with E-state index in [-0.39, 0.29) is 39.3 Å². The number of anilines is 8. The first-order chi connectivity index (χ1) is 35.0. The van der Waals surface area contributed by atoms with Crippen LogP contribution in [-0.2, 0) is 39.0 Å². The molecule has 0 saturated heterocycles. The van der Waals surface area contributed by atoms with Crippen LogP contribution in [0.15, 0.2) is 170 Å². The fourth-order valence-corrected chi connectivity index (χ4v) is 13.3. The van der Waals surface area contributed by atoms with Crippen LogP contribution in [0.4, 0.5) is 45.5 Å². The lowest BCUT2D eigenvalue weighted by Gasteiger charge is -2.51. The van der Waals surface area contributed by atoms with Crippen molar-refractivity contribution >= 4 is 68.6 Å². The van der Waals surface area contributed by atoms with Crippen LogP contribution < -0.4 is 31.1 Å². The highest BCUT2D eigenvalue weighted by Gasteiger charge is 2.60. The van der Waals surface area contributed by atoms with E-state index >= 15 is 0 Å². The highest BCUT2D eigenvalue weighted by Crippen LogP contribution is 2.64. The zero-order chi connectivity index (χ0) is 52.1. The van der Waals surface area contributed by atoms with Crippen molar-refractivity contribution in [2.75, 3.05) is 14.7 Å². The third-order valence-electron chi connectivity index (χ3n) is 17.9. The molecular weight excluding hydrogens is 894 g/mol. The van der Waals surface area contributed by atoms with Crippen molar-refractivity contribution in [3.63, 3.8) is 0 Å². The number of hydrogen-bond acceptors (Lipinski definition) is 3. The molecule has 3 nitrogen and oxygen atoms in total. The van der Waals surface area contributed by atoms with Crippen LogP contribution in [0.25, 0.3) is 11.1 Å². The van der Waals surface area contributed by atoms with Crippen molar-refractivity contribution in [1.82, 2.24) is 0 Å². The summed E-state index contributed by atoms with van der Waals surface area (Å²) in [7, 11) is 0. The van der Waals surface area contributed by atoms with Gasteiger partial charge in [-0.05, 0) is 175 Å². The van der Waals surface area contributed by atoms with Crippen LogP contribution in [-0.4, -0.2) is 6.71 Å². The van der Waals surface area contributed by atoms with Gasteiger partial charge in [0.1, 0.15) is 0 Å². The van der Waals surface area contributed by atoms with E-state index in [4.69, 9.17) is 0 Å². The summed E-state index contributed by atoms with van der Waals surface area (Å²) in [6, 6.07) is 66.5. The molecule has 4 heteroatoms. The molecule has 0 radical (unpaired) electrons. The Balaban J connectivity index is 1.16. The minimum Gasteiger partial charge on any atom is -0.330 e. The average Bonchev–Trinajstić information content (AvgIpc) is 3.58. The first kappa shape index (κ1) is 48.2. The van der Waals surface area contributed by atoms with Crippen molar-refractivity contribution in [3.05, 3.63) is 209 Å². The van der Waals surface area contributed by atoms with Crippen molar-refractivity contribution in [2.24, 2.45) is 0 Å². The maximum absolute atomic E-state index is 2.75. The molecule has 8 aromatic carbocycles. The zero-order valence-electron chi connectivity index (χ0n) is 46.5. The Morgan fingerprint density at radius 1 is 0.392 bits per heavy atom. The topological polar surface area (TPSA) is 9.72 Å². The summed E-state index contributed by atoms with van der Waals surface area (Å²) >= 11 is 0. The summed E-state index contributed by atoms with van der Waals surface area (Å²) in [6.45, 7) is 33.1. The van der Waals surface area contributed by atoms with Gasteiger partial charge in [0, 0.05) is 50.9 Å². The number of nitrogens with zero attached hydrogens (tertiary/aromatic N) is 3. The van der Waals surface area contributed by atoms with Crippen LogP contribution >= 0.6 is 0 Å². The Bertz CT molecular complexity index is 3520. The summed E-state index contributed by atoms with van der Waals surface area (Å²) in [4.78, 5) is 7.98. The van der Waals surface area contributed by atoms with Gasteiger partial charge in [0.05, 0.1) is 5.54 Å². The largest absolute Gasteiger partial charge is 0.330 e. The highest BCUT2D eigenvalue weighted by molar-refractivity contribution is 7.00. The van der Waals surface area contributed by atoms with E-state index in [1.54, 1.807) is 0 Å². The molecule has 3 aliphatic heterocycles. The molecule has 8 aromatic rings. The van der Waals surface area contributed by atoms with Gasteiger partial charge in [-0.3, -0.25) is 0 Å². The molecule has 372 valence electrons. The van der Waals surface area contributed by atoms with Crippen molar-refractivity contribution in [2.45, 2.75) is 142 Å². The van der Waals surface area contributed by atoms with E-state index in [2.05, 4.69) is 281 Å². The first-order valence-electron chi connectivity index (χ1n) is 27.3. The maximum atomic E-state index is 2.75. The highest BCUT2D eigenvalue weighted by atomic mass is 15.3. The predicted molar refractivity (Wildman–Crippen MR) is 319 cm³/mol. The Labute approximate surface area is 443 Å². The molecule has 2 unspecified atom stereocenters. The quantitative estimate of drug-likeness (QED) is 0.163. The van der Waals surface area contributed by atoms with E-state index in [0.29, 0.717) is 0 Å². The van der Waals surface area contributed by atoms with Gasteiger partial charge in [-0.1, -0.05) is 193 Å². The van der Waals surface area contributed by atoms with Gasteiger partial charge in [0.15, 0.2) is 0 Å². The van der Waals surface area contributed by atoms with Crippen molar-refractivity contribution < 1.29 is 0 Å². The van der Waals surface area contributed by atoms with E-state index in [0.717, 1.165) is 12.8 Å². The molecule has 0 amide bonds.